The molecule has 1 unspecified atom stereocenters. The van der Waals surface area contributed by atoms with Gasteiger partial charge >= 0.3 is 0 Å². The normalized spacial score (nSPS) is 20.0. The van der Waals surface area contributed by atoms with Gasteiger partial charge in [-0.15, -0.1) is 0 Å². The smallest absolute Gasteiger partial charge is 0.276 e. The standard InChI is InChI=1S/C24H32FN5O2/c1-16-14-29(12-13-30(16)24(32)18-6-4-5-7-18)15-19-17(2)21(9-8-20(19)25)26-23(31)22-10-11-28(3)27-22/h8-11,16,18H,4-7,12-15H2,1-3H3,(H,26,31). The third-order valence-electron chi connectivity index (χ3n) is 6.82. The van der Waals surface area contributed by atoms with E-state index in [-0.39, 0.29) is 29.6 Å². The number of hydrogen-bond donors (Lipinski definition) is 1. The highest BCUT2D eigenvalue weighted by Gasteiger charge is 2.33. The molecule has 1 atom stereocenters. The van der Waals surface area contributed by atoms with Gasteiger partial charge in [0, 0.05) is 62.6 Å². The number of carbonyl (C=O) groups is 2. The Hall–Kier alpha value is -2.74. The quantitative estimate of drug-likeness (QED) is 0.773. The first-order chi connectivity index (χ1) is 15.3. The Morgan fingerprint density at radius 1 is 1.19 bits per heavy atom. The van der Waals surface area contributed by atoms with E-state index in [1.165, 1.54) is 6.07 Å². The summed E-state index contributed by atoms with van der Waals surface area (Å²) in [5.41, 5.74) is 2.19. The minimum Gasteiger partial charge on any atom is -0.337 e. The second kappa shape index (κ2) is 9.40. The summed E-state index contributed by atoms with van der Waals surface area (Å²) in [5.74, 6) is -0.131. The second-order valence-corrected chi connectivity index (χ2v) is 9.12. The number of hydrogen-bond acceptors (Lipinski definition) is 4. The number of rotatable bonds is 5. The fraction of sp³-hybridized carbons (Fsp3) is 0.542. The van der Waals surface area contributed by atoms with E-state index in [0.29, 0.717) is 48.7 Å². The predicted octanol–water partition coefficient (Wildman–Crippen LogP) is 3.34. The van der Waals surface area contributed by atoms with Crippen molar-refractivity contribution in [1.29, 1.82) is 0 Å². The maximum atomic E-state index is 14.7. The molecule has 2 fully saturated rings. The number of aryl methyl sites for hydroxylation is 1. The van der Waals surface area contributed by atoms with Gasteiger partial charge < -0.3 is 10.2 Å². The van der Waals surface area contributed by atoms with Crippen molar-refractivity contribution >= 4 is 17.5 Å². The number of anilines is 1. The molecular formula is C24H32FN5O2. The zero-order valence-electron chi connectivity index (χ0n) is 19.1. The van der Waals surface area contributed by atoms with Gasteiger partial charge in [0.2, 0.25) is 5.91 Å². The van der Waals surface area contributed by atoms with Gasteiger partial charge in [0.15, 0.2) is 5.69 Å². The van der Waals surface area contributed by atoms with Crippen molar-refractivity contribution in [3.63, 3.8) is 0 Å². The van der Waals surface area contributed by atoms with Crippen LogP contribution in [0.2, 0.25) is 0 Å². The molecule has 1 N–H and O–H groups in total. The lowest BCUT2D eigenvalue weighted by atomic mass is 10.0. The molecule has 2 amide bonds. The number of nitrogens with one attached hydrogen (secondary N) is 1. The average molecular weight is 442 g/mol. The van der Waals surface area contributed by atoms with Crippen LogP contribution in [0.4, 0.5) is 10.1 Å². The van der Waals surface area contributed by atoms with Crippen LogP contribution in [0.25, 0.3) is 0 Å². The molecule has 7 nitrogen and oxygen atoms in total. The van der Waals surface area contributed by atoms with Crippen LogP contribution in [0, 0.1) is 18.7 Å². The highest BCUT2D eigenvalue weighted by Crippen LogP contribution is 2.29. The molecule has 0 bridgehead atoms. The number of halogens is 1. The first-order valence-electron chi connectivity index (χ1n) is 11.4. The van der Waals surface area contributed by atoms with Crippen LogP contribution in [-0.4, -0.2) is 57.1 Å². The molecule has 1 aliphatic carbocycles. The van der Waals surface area contributed by atoms with E-state index in [4.69, 9.17) is 0 Å². The minimum absolute atomic E-state index is 0.104. The van der Waals surface area contributed by atoms with Gasteiger partial charge in [0.25, 0.3) is 5.91 Å². The number of benzene rings is 1. The monoisotopic (exact) mass is 441 g/mol. The van der Waals surface area contributed by atoms with E-state index >= 15 is 0 Å². The molecule has 172 valence electrons. The molecule has 2 aromatic rings. The van der Waals surface area contributed by atoms with E-state index in [0.717, 1.165) is 25.7 Å². The highest BCUT2D eigenvalue weighted by atomic mass is 19.1. The molecule has 0 radical (unpaired) electrons. The topological polar surface area (TPSA) is 70.5 Å². The van der Waals surface area contributed by atoms with E-state index in [1.54, 1.807) is 30.1 Å². The summed E-state index contributed by atoms with van der Waals surface area (Å²) in [6, 6.07) is 4.74. The van der Waals surface area contributed by atoms with Gasteiger partial charge in [0.05, 0.1) is 0 Å². The average Bonchev–Trinajstić information content (AvgIpc) is 3.45. The first-order valence-corrected chi connectivity index (χ1v) is 11.4. The summed E-state index contributed by atoms with van der Waals surface area (Å²) < 4.78 is 16.3. The Kier molecular flexibility index (Phi) is 6.60. The van der Waals surface area contributed by atoms with Crippen LogP contribution in [0.3, 0.4) is 0 Å². The Morgan fingerprint density at radius 2 is 1.94 bits per heavy atom. The Morgan fingerprint density at radius 3 is 2.59 bits per heavy atom. The lowest BCUT2D eigenvalue weighted by molar-refractivity contribution is -0.140. The second-order valence-electron chi connectivity index (χ2n) is 9.12. The van der Waals surface area contributed by atoms with E-state index in [2.05, 4.69) is 22.2 Å². The Balaban J connectivity index is 1.42. The van der Waals surface area contributed by atoms with Crippen LogP contribution < -0.4 is 5.32 Å². The zero-order valence-corrected chi connectivity index (χ0v) is 19.1. The Labute approximate surface area is 188 Å². The molecule has 2 heterocycles. The van der Waals surface area contributed by atoms with Crippen LogP contribution in [0.1, 0.15) is 54.2 Å². The summed E-state index contributed by atoms with van der Waals surface area (Å²) in [6.07, 6.45) is 6.02. The van der Waals surface area contributed by atoms with Gasteiger partial charge in [-0.3, -0.25) is 19.2 Å². The molecular weight excluding hydrogens is 409 g/mol. The Bertz CT molecular complexity index is 998. The highest BCUT2D eigenvalue weighted by molar-refractivity contribution is 6.03. The number of amides is 2. The summed E-state index contributed by atoms with van der Waals surface area (Å²) >= 11 is 0. The summed E-state index contributed by atoms with van der Waals surface area (Å²) in [6.45, 7) is 6.45. The molecule has 32 heavy (non-hydrogen) atoms. The molecule has 1 aromatic heterocycles. The predicted molar refractivity (Wildman–Crippen MR) is 121 cm³/mol. The van der Waals surface area contributed by atoms with Gasteiger partial charge in [-0.25, -0.2) is 4.39 Å². The van der Waals surface area contributed by atoms with Crippen molar-refractivity contribution in [2.75, 3.05) is 25.0 Å². The largest absolute Gasteiger partial charge is 0.337 e. The zero-order chi connectivity index (χ0) is 22.8. The van der Waals surface area contributed by atoms with Crippen molar-refractivity contribution in [1.82, 2.24) is 19.6 Å². The van der Waals surface area contributed by atoms with Crippen LogP contribution in [-0.2, 0) is 18.4 Å². The number of piperazine rings is 1. The lowest BCUT2D eigenvalue weighted by Gasteiger charge is -2.41. The molecule has 8 heteroatoms. The maximum absolute atomic E-state index is 14.7. The number of nitrogens with zero attached hydrogens (tertiary/aromatic N) is 4. The van der Waals surface area contributed by atoms with Crippen LogP contribution in [0.15, 0.2) is 24.4 Å². The molecule has 0 spiro atoms. The molecule has 4 rings (SSSR count). The molecule has 1 aromatic carbocycles. The lowest BCUT2D eigenvalue weighted by Crippen LogP contribution is -2.54. The molecule has 2 aliphatic rings. The van der Waals surface area contributed by atoms with Crippen molar-refractivity contribution in [3.05, 3.63) is 47.0 Å². The third-order valence-corrected chi connectivity index (χ3v) is 6.82. The summed E-state index contributed by atoms with van der Waals surface area (Å²) in [7, 11) is 1.75. The van der Waals surface area contributed by atoms with E-state index in [9.17, 15) is 14.0 Å². The van der Waals surface area contributed by atoms with Crippen molar-refractivity contribution in [3.8, 4) is 0 Å². The van der Waals surface area contributed by atoms with Gasteiger partial charge in [-0.1, -0.05) is 12.8 Å². The molecule has 1 aliphatic heterocycles. The minimum atomic E-state index is -0.320. The van der Waals surface area contributed by atoms with Crippen molar-refractivity contribution in [2.45, 2.75) is 52.1 Å². The van der Waals surface area contributed by atoms with Crippen LogP contribution >= 0.6 is 0 Å². The third kappa shape index (κ3) is 4.70. The SMILES string of the molecule is Cc1c(NC(=O)c2ccn(C)n2)ccc(F)c1CN1CCN(C(=O)C2CCCC2)C(C)C1. The summed E-state index contributed by atoms with van der Waals surface area (Å²) in [5, 5.41) is 6.97. The molecule has 1 saturated heterocycles. The van der Waals surface area contributed by atoms with E-state index in [1.807, 2.05) is 11.8 Å². The maximum Gasteiger partial charge on any atom is 0.276 e. The fourth-order valence-electron chi connectivity index (χ4n) is 4.91. The van der Waals surface area contributed by atoms with Gasteiger partial charge in [-0.05, 0) is 50.5 Å². The van der Waals surface area contributed by atoms with Gasteiger partial charge in [0.1, 0.15) is 5.82 Å². The first kappa shape index (κ1) is 22.5. The van der Waals surface area contributed by atoms with Crippen molar-refractivity contribution in [2.24, 2.45) is 13.0 Å². The summed E-state index contributed by atoms with van der Waals surface area (Å²) in [4.78, 5) is 29.5. The number of aromatic nitrogens is 2. The molecule has 1 saturated carbocycles. The van der Waals surface area contributed by atoms with Crippen LogP contribution in [0.5, 0.6) is 0 Å². The fourth-order valence-corrected chi connectivity index (χ4v) is 4.91. The van der Waals surface area contributed by atoms with Gasteiger partial charge in [-0.2, -0.15) is 5.10 Å². The van der Waals surface area contributed by atoms with E-state index < -0.39 is 0 Å². The van der Waals surface area contributed by atoms with Crippen molar-refractivity contribution < 1.29 is 14.0 Å². The number of carbonyl (C=O) groups excluding carboxylic acids is 2.